The van der Waals surface area contributed by atoms with Gasteiger partial charge in [-0.25, -0.2) is 13.1 Å². The van der Waals surface area contributed by atoms with Crippen molar-refractivity contribution in [2.75, 3.05) is 7.05 Å². The standard InChI is InChI=1S/C21H24N4O3S/c1-15-11-16(2)25(24-15)14-18-6-4-5-17(12-18)13-23-29(27,28)20-9-7-19(8-10-20)21(26)22-3/h4-12,23H,13-14H2,1-3H3,(H,22,26). The molecule has 0 saturated heterocycles. The molecule has 3 aromatic rings. The average Bonchev–Trinajstić information content (AvgIpc) is 3.03. The SMILES string of the molecule is CNC(=O)c1ccc(S(=O)(=O)NCc2cccc(Cn3nc(C)cc3C)c2)cc1. The van der Waals surface area contributed by atoms with E-state index in [9.17, 15) is 13.2 Å². The van der Waals surface area contributed by atoms with Gasteiger partial charge < -0.3 is 5.32 Å². The Kier molecular flexibility index (Phi) is 6.14. The molecule has 0 aliphatic heterocycles. The van der Waals surface area contributed by atoms with E-state index >= 15 is 0 Å². The Morgan fingerprint density at radius 2 is 1.72 bits per heavy atom. The second-order valence-corrected chi connectivity index (χ2v) is 8.60. The van der Waals surface area contributed by atoms with Crippen LogP contribution >= 0.6 is 0 Å². The summed E-state index contributed by atoms with van der Waals surface area (Å²) >= 11 is 0. The smallest absolute Gasteiger partial charge is 0.251 e. The van der Waals surface area contributed by atoms with E-state index < -0.39 is 10.0 Å². The predicted octanol–water partition coefficient (Wildman–Crippen LogP) is 2.39. The predicted molar refractivity (Wildman–Crippen MR) is 111 cm³/mol. The van der Waals surface area contributed by atoms with Gasteiger partial charge in [0.05, 0.1) is 17.1 Å². The van der Waals surface area contributed by atoms with E-state index in [1.807, 2.05) is 48.9 Å². The molecule has 3 rings (SSSR count). The molecule has 0 aliphatic carbocycles. The van der Waals surface area contributed by atoms with Crippen LogP contribution in [0.4, 0.5) is 0 Å². The number of benzene rings is 2. The molecule has 0 unspecified atom stereocenters. The van der Waals surface area contributed by atoms with Gasteiger partial charge >= 0.3 is 0 Å². The van der Waals surface area contributed by atoms with Gasteiger partial charge in [-0.05, 0) is 55.3 Å². The number of rotatable bonds is 7. The number of nitrogens with one attached hydrogen (secondary N) is 2. The largest absolute Gasteiger partial charge is 0.355 e. The van der Waals surface area contributed by atoms with Gasteiger partial charge in [-0.1, -0.05) is 24.3 Å². The molecule has 0 bridgehead atoms. The van der Waals surface area contributed by atoms with Gasteiger partial charge in [-0.2, -0.15) is 5.10 Å². The molecule has 0 spiro atoms. The Labute approximate surface area is 170 Å². The van der Waals surface area contributed by atoms with Crippen LogP contribution in [0, 0.1) is 13.8 Å². The number of hydrogen-bond acceptors (Lipinski definition) is 4. The van der Waals surface area contributed by atoms with Gasteiger partial charge in [0.2, 0.25) is 10.0 Å². The van der Waals surface area contributed by atoms with Crippen LogP contribution in [0.1, 0.15) is 32.9 Å². The van der Waals surface area contributed by atoms with E-state index in [-0.39, 0.29) is 17.3 Å². The van der Waals surface area contributed by atoms with Crippen molar-refractivity contribution in [3.8, 4) is 0 Å². The minimum Gasteiger partial charge on any atom is -0.355 e. The molecule has 0 radical (unpaired) electrons. The second kappa shape index (κ2) is 8.59. The van der Waals surface area contributed by atoms with Crippen LogP contribution in [0.5, 0.6) is 0 Å². The van der Waals surface area contributed by atoms with Gasteiger partial charge in [0.1, 0.15) is 0 Å². The molecule has 2 aromatic carbocycles. The van der Waals surface area contributed by atoms with Crippen molar-refractivity contribution in [3.05, 3.63) is 82.7 Å². The molecular weight excluding hydrogens is 388 g/mol. The monoisotopic (exact) mass is 412 g/mol. The third-order valence-corrected chi connectivity index (χ3v) is 5.96. The Hall–Kier alpha value is -2.97. The second-order valence-electron chi connectivity index (χ2n) is 6.83. The van der Waals surface area contributed by atoms with E-state index in [0.717, 1.165) is 22.5 Å². The lowest BCUT2D eigenvalue weighted by Crippen LogP contribution is -2.23. The Balaban J connectivity index is 1.69. The van der Waals surface area contributed by atoms with Crippen LogP contribution in [-0.4, -0.2) is 31.2 Å². The number of aryl methyl sites for hydroxylation is 2. The molecule has 1 amide bonds. The number of sulfonamides is 1. The number of amides is 1. The Morgan fingerprint density at radius 3 is 2.34 bits per heavy atom. The maximum Gasteiger partial charge on any atom is 0.251 e. The zero-order chi connectivity index (χ0) is 21.0. The highest BCUT2D eigenvalue weighted by Gasteiger charge is 2.15. The number of hydrogen-bond donors (Lipinski definition) is 2. The van der Waals surface area contributed by atoms with Crippen LogP contribution in [0.3, 0.4) is 0 Å². The van der Waals surface area contributed by atoms with Crippen molar-refractivity contribution in [1.82, 2.24) is 19.8 Å². The van der Waals surface area contributed by atoms with Crippen LogP contribution < -0.4 is 10.0 Å². The molecule has 29 heavy (non-hydrogen) atoms. The molecule has 0 saturated carbocycles. The molecule has 0 fully saturated rings. The minimum absolute atomic E-state index is 0.115. The van der Waals surface area contributed by atoms with Crippen molar-refractivity contribution >= 4 is 15.9 Å². The number of aromatic nitrogens is 2. The summed E-state index contributed by atoms with van der Waals surface area (Å²) in [5.74, 6) is -0.263. The first-order valence-corrected chi connectivity index (χ1v) is 10.7. The molecule has 0 aliphatic rings. The topological polar surface area (TPSA) is 93.1 Å². The lowest BCUT2D eigenvalue weighted by atomic mass is 10.1. The zero-order valence-corrected chi connectivity index (χ0v) is 17.5. The lowest BCUT2D eigenvalue weighted by molar-refractivity contribution is 0.0963. The molecule has 1 heterocycles. The Bertz CT molecular complexity index is 1120. The molecule has 1 aromatic heterocycles. The van der Waals surface area contributed by atoms with Gasteiger partial charge in [0.15, 0.2) is 0 Å². The first kappa shape index (κ1) is 20.8. The van der Waals surface area contributed by atoms with Crippen LogP contribution in [0.2, 0.25) is 0 Å². The van der Waals surface area contributed by atoms with Crippen molar-refractivity contribution < 1.29 is 13.2 Å². The number of carbonyl (C=O) groups excluding carboxylic acids is 1. The van der Waals surface area contributed by atoms with Gasteiger partial charge in [0.25, 0.3) is 5.91 Å². The molecule has 2 N–H and O–H groups in total. The fraction of sp³-hybridized carbons (Fsp3) is 0.238. The van der Waals surface area contributed by atoms with Gasteiger partial charge in [-0.3, -0.25) is 9.48 Å². The highest BCUT2D eigenvalue weighted by atomic mass is 32.2. The summed E-state index contributed by atoms with van der Waals surface area (Å²) < 4.78 is 29.6. The van der Waals surface area contributed by atoms with Gasteiger partial charge in [0, 0.05) is 24.8 Å². The lowest BCUT2D eigenvalue weighted by Gasteiger charge is -2.10. The van der Waals surface area contributed by atoms with E-state index in [4.69, 9.17) is 0 Å². The quantitative estimate of drug-likeness (QED) is 0.623. The maximum absolute atomic E-state index is 12.6. The summed E-state index contributed by atoms with van der Waals surface area (Å²) in [4.78, 5) is 11.7. The summed E-state index contributed by atoms with van der Waals surface area (Å²) in [6, 6.07) is 15.6. The van der Waals surface area contributed by atoms with Crippen molar-refractivity contribution in [3.63, 3.8) is 0 Å². The third kappa shape index (κ3) is 5.10. The third-order valence-electron chi connectivity index (χ3n) is 4.55. The van der Waals surface area contributed by atoms with Crippen molar-refractivity contribution in [1.29, 1.82) is 0 Å². The minimum atomic E-state index is -3.68. The summed E-state index contributed by atoms with van der Waals surface area (Å²) in [6.45, 7) is 4.76. The summed E-state index contributed by atoms with van der Waals surface area (Å²) in [5.41, 5.74) is 4.35. The Morgan fingerprint density at radius 1 is 1.03 bits per heavy atom. The van der Waals surface area contributed by atoms with Crippen LogP contribution in [-0.2, 0) is 23.1 Å². The van der Waals surface area contributed by atoms with E-state index in [1.54, 1.807) is 0 Å². The van der Waals surface area contributed by atoms with E-state index in [1.165, 1.54) is 31.3 Å². The summed E-state index contributed by atoms with van der Waals surface area (Å²) in [5, 5.41) is 6.97. The van der Waals surface area contributed by atoms with Crippen molar-refractivity contribution in [2.45, 2.75) is 31.8 Å². The number of carbonyl (C=O) groups is 1. The summed E-state index contributed by atoms with van der Waals surface area (Å²) in [7, 11) is -2.16. The first-order valence-electron chi connectivity index (χ1n) is 9.19. The summed E-state index contributed by atoms with van der Waals surface area (Å²) in [6.07, 6.45) is 0. The highest BCUT2D eigenvalue weighted by molar-refractivity contribution is 7.89. The molecule has 8 heteroatoms. The van der Waals surface area contributed by atoms with Crippen LogP contribution in [0.15, 0.2) is 59.5 Å². The molecule has 7 nitrogen and oxygen atoms in total. The average molecular weight is 413 g/mol. The van der Waals surface area contributed by atoms with E-state index in [2.05, 4.69) is 15.1 Å². The maximum atomic E-state index is 12.6. The fourth-order valence-corrected chi connectivity index (χ4v) is 4.06. The fourth-order valence-electron chi connectivity index (χ4n) is 3.04. The molecule has 0 atom stereocenters. The van der Waals surface area contributed by atoms with E-state index in [0.29, 0.717) is 12.1 Å². The number of nitrogens with zero attached hydrogens (tertiary/aromatic N) is 2. The van der Waals surface area contributed by atoms with Crippen molar-refractivity contribution in [2.24, 2.45) is 0 Å². The van der Waals surface area contributed by atoms with Crippen LogP contribution in [0.25, 0.3) is 0 Å². The molecular formula is C21H24N4O3S. The zero-order valence-electron chi connectivity index (χ0n) is 16.6. The highest BCUT2D eigenvalue weighted by Crippen LogP contribution is 2.13. The van der Waals surface area contributed by atoms with Gasteiger partial charge in [-0.15, -0.1) is 0 Å². The molecule has 152 valence electrons. The first-order chi connectivity index (χ1) is 13.8. The normalized spacial score (nSPS) is 11.4.